The minimum Gasteiger partial charge on any atom is -0.459 e. The molecule has 10 heteroatoms. The summed E-state index contributed by atoms with van der Waals surface area (Å²) in [5.74, 6) is -1.16. The highest BCUT2D eigenvalue weighted by molar-refractivity contribution is 6.34. The lowest BCUT2D eigenvalue weighted by molar-refractivity contribution is -0.00445. The third-order valence-electron chi connectivity index (χ3n) is 8.68. The first kappa shape index (κ1) is 35.1. The third-order valence-corrected chi connectivity index (χ3v) is 9.01. The molecule has 0 spiro atoms. The van der Waals surface area contributed by atoms with E-state index in [2.05, 4.69) is 9.88 Å². The lowest BCUT2D eigenvalue weighted by Gasteiger charge is -2.32. The highest BCUT2D eigenvalue weighted by atomic mass is 35.5. The lowest BCUT2D eigenvalue weighted by Crippen LogP contribution is -2.46. The van der Waals surface area contributed by atoms with E-state index in [4.69, 9.17) is 21.1 Å². The summed E-state index contributed by atoms with van der Waals surface area (Å²) in [7, 11) is 0. The van der Waals surface area contributed by atoms with Gasteiger partial charge in [0.2, 0.25) is 0 Å². The van der Waals surface area contributed by atoms with E-state index in [0.717, 1.165) is 11.1 Å². The van der Waals surface area contributed by atoms with Crippen LogP contribution in [-0.4, -0.2) is 68.9 Å². The van der Waals surface area contributed by atoms with E-state index in [1.807, 2.05) is 60.7 Å². The number of hydrogen-bond acceptors (Lipinski definition) is 6. The molecule has 4 aromatic carbocycles. The number of ether oxygens (including phenoxy) is 2. The fourth-order valence-electron chi connectivity index (χ4n) is 6.63. The molecule has 1 saturated heterocycles. The number of benzene rings is 4. The zero-order chi connectivity index (χ0) is 35.5. The molecular formula is C40H41ClFN3O5. The predicted molar refractivity (Wildman–Crippen MR) is 192 cm³/mol. The number of amides is 1. The Hall–Kier alpha value is -4.70. The number of nitrogens with zero attached hydrogens (tertiary/aromatic N) is 2. The monoisotopic (exact) mass is 697 g/mol. The van der Waals surface area contributed by atoms with Crippen LogP contribution in [0.2, 0.25) is 5.02 Å². The van der Waals surface area contributed by atoms with Gasteiger partial charge in [0.1, 0.15) is 23.7 Å². The van der Waals surface area contributed by atoms with Crippen molar-refractivity contribution in [3.05, 3.63) is 131 Å². The predicted octanol–water partition coefficient (Wildman–Crippen LogP) is 8.23. The van der Waals surface area contributed by atoms with Crippen LogP contribution >= 0.6 is 11.6 Å². The van der Waals surface area contributed by atoms with Crippen molar-refractivity contribution in [3.8, 4) is 11.1 Å². The van der Waals surface area contributed by atoms with E-state index in [1.165, 1.54) is 17.0 Å². The molecule has 1 unspecified atom stereocenters. The van der Waals surface area contributed by atoms with Crippen molar-refractivity contribution < 1.29 is 28.6 Å². The first-order chi connectivity index (χ1) is 23.9. The van der Waals surface area contributed by atoms with Crippen LogP contribution in [0.1, 0.15) is 48.8 Å². The minimum atomic E-state index is -1.33. The van der Waals surface area contributed by atoms with E-state index >= 15 is 0 Å². The van der Waals surface area contributed by atoms with Crippen molar-refractivity contribution in [1.29, 1.82) is 0 Å². The van der Waals surface area contributed by atoms with Gasteiger partial charge < -0.3 is 19.6 Å². The van der Waals surface area contributed by atoms with Gasteiger partial charge in [0.25, 0.3) is 0 Å². The van der Waals surface area contributed by atoms with Gasteiger partial charge in [-0.15, -0.1) is 0 Å². The number of rotatable bonds is 10. The molecule has 1 aliphatic heterocycles. The van der Waals surface area contributed by atoms with Crippen LogP contribution in [0.4, 0.5) is 9.18 Å². The number of carbonyl (C=O) groups is 2. The fourth-order valence-corrected chi connectivity index (χ4v) is 6.86. The molecule has 1 aliphatic rings. The Kier molecular flexibility index (Phi) is 10.3. The zero-order valence-corrected chi connectivity index (χ0v) is 29.1. The van der Waals surface area contributed by atoms with Crippen LogP contribution in [0.5, 0.6) is 0 Å². The Morgan fingerprint density at radius 2 is 1.58 bits per heavy atom. The molecule has 8 nitrogen and oxygen atoms in total. The van der Waals surface area contributed by atoms with E-state index in [9.17, 15) is 19.1 Å². The lowest BCUT2D eigenvalue weighted by atomic mass is 9.98. The maximum absolute atomic E-state index is 14.4. The largest absolute Gasteiger partial charge is 0.459 e. The number of aromatic amines is 1. The summed E-state index contributed by atoms with van der Waals surface area (Å²) in [6.45, 7) is 6.52. The van der Waals surface area contributed by atoms with Crippen LogP contribution in [0.25, 0.3) is 22.0 Å². The first-order valence-corrected chi connectivity index (χ1v) is 17.0. The molecule has 1 aromatic heterocycles. The molecule has 0 bridgehead atoms. The molecule has 0 saturated carbocycles. The van der Waals surface area contributed by atoms with Crippen molar-refractivity contribution >= 4 is 34.6 Å². The maximum atomic E-state index is 14.4. The maximum Gasteiger partial charge on any atom is 0.410 e. The van der Waals surface area contributed by atoms with Crippen molar-refractivity contribution in [2.75, 3.05) is 19.7 Å². The van der Waals surface area contributed by atoms with E-state index < -0.39 is 35.1 Å². The zero-order valence-electron chi connectivity index (χ0n) is 28.4. The van der Waals surface area contributed by atoms with Crippen LogP contribution < -0.4 is 0 Å². The molecule has 0 radical (unpaired) electrons. The Bertz CT molecular complexity index is 1920. The number of β-amino-alcohol motifs (C(OH)–C–C–N with tert-alkyl or cyclic N) is 1. The van der Waals surface area contributed by atoms with E-state index in [0.29, 0.717) is 40.1 Å². The van der Waals surface area contributed by atoms with E-state index in [1.54, 1.807) is 51.1 Å². The number of nitrogens with one attached hydrogen (secondary N) is 1. The highest BCUT2D eigenvalue weighted by Gasteiger charge is 2.47. The summed E-state index contributed by atoms with van der Waals surface area (Å²) in [5, 5.41) is 13.0. The van der Waals surface area contributed by atoms with E-state index in [-0.39, 0.29) is 31.8 Å². The van der Waals surface area contributed by atoms with Crippen LogP contribution in [0.15, 0.2) is 103 Å². The molecule has 2 atom stereocenters. The average molecular weight is 698 g/mol. The second kappa shape index (κ2) is 14.6. The molecule has 1 amide bonds. The Morgan fingerprint density at radius 3 is 2.20 bits per heavy atom. The van der Waals surface area contributed by atoms with Gasteiger partial charge in [-0.3, -0.25) is 9.80 Å². The number of H-pyrrole nitrogens is 1. The summed E-state index contributed by atoms with van der Waals surface area (Å²) >= 11 is 6.55. The number of carbonyl (C=O) groups excluding carboxylic acids is 2. The van der Waals surface area contributed by atoms with Gasteiger partial charge in [0.05, 0.1) is 18.2 Å². The first-order valence-electron chi connectivity index (χ1n) is 16.6. The van der Waals surface area contributed by atoms with Gasteiger partial charge in [-0.25, -0.2) is 14.0 Å². The number of halogens is 2. The van der Waals surface area contributed by atoms with Gasteiger partial charge >= 0.3 is 12.1 Å². The minimum absolute atomic E-state index is 0.0131. The molecule has 50 heavy (non-hydrogen) atoms. The van der Waals surface area contributed by atoms with Crippen molar-refractivity contribution in [1.82, 2.24) is 14.8 Å². The standard InChI is InChI=1S/C40H41ClFN3O5/c1-39(2,3)50-38(47)45-26-40(48,25-44(22-27-12-6-4-7-13-27)23-28-14-8-5-9-15-28)21-30(45)24-49-37(46)36-35(31-16-10-11-17-33(31)41)32-20-29(42)18-19-34(32)43-36/h4-20,30,43,48H,21-26H2,1-3H3/t30-,40?/m0/s1. The van der Waals surface area contributed by atoms with Crippen LogP contribution in [0.3, 0.4) is 0 Å². The van der Waals surface area contributed by atoms with Gasteiger partial charge in [-0.1, -0.05) is 90.5 Å². The smallest absolute Gasteiger partial charge is 0.410 e. The Balaban J connectivity index is 1.26. The van der Waals surface area contributed by atoms with Gasteiger partial charge in [0, 0.05) is 53.1 Å². The topological polar surface area (TPSA) is 95.1 Å². The van der Waals surface area contributed by atoms with Gasteiger partial charge in [-0.05, 0) is 56.2 Å². The molecule has 2 N–H and O–H groups in total. The molecule has 1 fully saturated rings. The van der Waals surface area contributed by atoms with Crippen molar-refractivity contribution in [2.45, 2.75) is 57.5 Å². The van der Waals surface area contributed by atoms with Gasteiger partial charge in [0.15, 0.2) is 0 Å². The number of esters is 1. The second-order valence-electron chi connectivity index (χ2n) is 14.0. The third kappa shape index (κ3) is 8.35. The number of likely N-dealkylation sites (tertiary alicyclic amines) is 1. The summed E-state index contributed by atoms with van der Waals surface area (Å²) < 4.78 is 26.0. The normalized spacial score (nSPS) is 17.7. The van der Waals surface area contributed by atoms with Gasteiger partial charge in [-0.2, -0.15) is 0 Å². The quantitative estimate of drug-likeness (QED) is 0.143. The number of hydrogen-bond donors (Lipinski definition) is 2. The second-order valence-corrected chi connectivity index (χ2v) is 14.4. The molecule has 0 aliphatic carbocycles. The Labute approximate surface area is 296 Å². The molecule has 6 rings (SSSR count). The number of aliphatic hydroxyl groups is 1. The molecule has 5 aromatic rings. The van der Waals surface area contributed by atoms with Crippen LogP contribution in [0, 0.1) is 5.82 Å². The summed E-state index contributed by atoms with van der Waals surface area (Å²) in [4.78, 5) is 34.1. The number of aromatic nitrogens is 1. The number of fused-ring (bicyclic) bond motifs is 1. The summed E-state index contributed by atoms with van der Waals surface area (Å²) in [6, 6.07) is 30.6. The average Bonchev–Trinajstić information content (AvgIpc) is 3.61. The highest BCUT2D eigenvalue weighted by Crippen LogP contribution is 2.38. The molecule has 260 valence electrons. The fraction of sp³-hybridized carbons (Fsp3) is 0.300. The SMILES string of the molecule is CC(C)(C)OC(=O)N1CC(O)(CN(Cc2ccccc2)Cc2ccccc2)C[C@H]1COC(=O)c1[nH]c2ccc(F)cc2c1-c1ccccc1Cl. The van der Waals surface area contributed by atoms with Crippen molar-refractivity contribution in [2.24, 2.45) is 0 Å². The molecular weight excluding hydrogens is 657 g/mol. The van der Waals surface area contributed by atoms with Crippen molar-refractivity contribution in [3.63, 3.8) is 0 Å². The van der Waals surface area contributed by atoms with Crippen LogP contribution in [-0.2, 0) is 22.6 Å². The molecule has 2 heterocycles. The Morgan fingerprint density at radius 1 is 0.960 bits per heavy atom. The summed E-state index contributed by atoms with van der Waals surface area (Å²) in [5.41, 5.74) is 1.66. The summed E-state index contributed by atoms with van der Waals surface area (Å²) in [6.07, 6.45) is -0.459.